The molecule has 0 aliphatic heterocycles. The van der Waals surface area contributed by atoms with E-state index in [0.717, 1.165) is 6.07 Å². The zero-order chi connectivity index (χ0) is 13.1. The summed E-state index contributed by atoms with van der Waals surface area (Å²) in [5.74, 6) is -2.38. The Morgan fingerprint density at radius 3 is 2.56 bits per heavy atom. The highest BCUT2D eigenvalue weighted by Gasteiger charge is 2.14. The third-order valence-electron chi connectivity index (χ3n) is 2.23. The minimum absolute atomic E-state index is 0.141. The Balaban J connectivity index is 2.32. The second-order valence-corrected chi connectivity index (χ2v) is 3.89. The maximum atomic E-state index is 13.8. The fraction of sp³-hybridized carbons (Fsp3) is 0. The van der Waals surface area contributed by atoms with Crippen molar-refractivity contribution in [2.24, 2.45) is 0 Å². The lowest BCUT2D eigenvalue weighted by atomic mass is 10.2. The molecule has 0 saturated carbocycles. The van der Waals surface area contributed by atoms with Crippen molar-refractivity contribution < 1.29 is 14.3 Å². The monoisotopic (exact) mass is 266 g/mol. The molecule has 1 aromatic heterocycles. The smallest absolute Gasteiger partial charge is 0.338 e. The standard InChI is InChI=1S/C12H8ClFN2O2/c13-7-1-3-8(4-2-7)16-11-10(14)9(12(17)18)5-6-15-11/h1-6H,(H,15,16)(H,17,18). The molecule has 2 rings (SSSR count). The molecule has 0 radical (unpaired) electrons. The summed E-state index contributed by atoms with van der Waals surface area (Å²) in [6, 6.07) is 7.63. The zero-order valence-corrected chi connectivity index (χ0v) is 9.78. The van der Waals surface area contributed by atoms with Crippen LogP contribution in [0.1, 0.15) is 10.4 Å². The van der Waals surface area contributed by atoms with Gasteiger partial charge in [0.15, 0.2) is 11.6 Å². The van der Waals surface area contributed by atoms with Gasteiger partial charge in [-0.15, -0.1) is 0 Å². The number of hydrogen-bond donors (Lipinski definition) is 2. The maximum absolute atomic E-state index is 13.8. The lowest BCUT2D eigenvalue weighted by Gasteiger charge is -2.07. The molecule has 2 N–H and O–H groups in total. The Morgan fingerprint density at radius 2 is 1.94 bits per heavy atom. The summed E-state index contributed by atoms with van der Waals surface area (Å²) in [6.07, 6.45) is 1.23. The second kappa shape index (κ2) is 5.01. The molecule has 18 heavy (non-hydrogen) atoms. The lowest BCUT2D eigenvalue weighted by molar-refractivity contribution is 0.0692. The van der Waals surface area contributed by atoms with Crippen molar-refractivity contribution in [3.63, 3.8) is 0 Å². The van der Waals surface area contributed by atoms with Gasteiger partial charge in [-0.25, -0.2) is 14.2 Å². The summed E-state index contributed by atoms with van der Waals surface area (Å²) < 4.78 is 13.8. The van der Waals surface area contributed by atoms with E-state index in [1.807, 2.05) is 0 Å². The Kier molecular flexibility index (Phi) is 3.43. The van der Waals surface area contributed by atoms with Crippen LogP contribution >= 0.6 is 11.6 Å². The fourth-order valence-corrected chi connectivity index (χ4v) is 1.49. The van der Waals surface area contributed by atoms with Gasteiger partial charge < -0.3 is 10.4 Å². The highest BCUT2D eigenvalue weighted by molar-refractivity contribution is 6.30. The Bertz CT molecular complexity index is 587. The van der Waals surface area contributed by atoms with Crippen LogP contribution in [0.2, 0.25) is 5.02 Å². The van der Waals surface area contributed by atoms with Crippen LogP contribution < -0.4 is 5.32 Å². The number of pyridine rings is 1. The van der Waals surface area contributed by atoms with Crippen LogP contribution in [-0.2, 0) is 0 Å². The second-order valence-electron chi connectivity index (χ2n) is 3.46. The Morgan fingerprint density at radius 1 is 1.28 bits per heavy atom. The van der Waals surface area contributed by atoms with Crippen LogP contribution in [0, 0.1) is 5.82 Å². The molecule has 4 nitrogen and oxygen atoms in total. The predicted octanol–water partition coefficient (Wildman–Crippen LogP) is 3.32. The highest BCUT2D eigenvalue weighted by Crippen LogP contribution is 2.21. The van der Waals surface area contributed by atoms with Crippen LogP contribution in [0.15, 0.2) is 36.5 Å². The molecule has 0 atom stereocenters. The van der Waals surface area contributed by atoms with Crippen molar-refractivity contribution in [1.29, 1.82) is 0 Å². The number of carboxylic acid groups (broad SMARTS) is 1. The van der Waals surface area contributed by atoms with Crippen molar-refractivity contribution in [3.8, 4) is 0 Å². The third-order valence-corrected chi connectivity index (χ3v) is 2.48. The van der Waals surface area contributed by atoms with Crippen LogP contribution in [0.3, 0.4) is 0 Å². The summed E-state index contributed by atoms with van der Waals surface area (Å²) >= 11 is 5.72. The number of aromatic carboxylic acids is 1. The molecule has 1 heterocycles. The topological polar surface area (TPSA) is 62.2 Å². The van der Waals surface area contributed by atoms with Crippen molar-refractivity contribution in [2.45, 2.75) is 0 Å². The van der Waals surface area contributed by atoms with E-state index in [0.29, 0.717) is 10.7 Å². The van der Waals surface area contributed by atoms with Gasteiger partial charge in [-0.3, -0.25) is 0 Å². The van der Waals surface area contributed by atoms with Crippen molar-refractivity contribution in [2.75, 3.05) is 5.32 Å². The van der Waals surface area contributed by atoms with E-state index in [9.17, 15) is 9.18 Å². The Labute approximate surface area is 107 Å². The van der Waals surface area contributed by atoms with Gasteiger partial charge in [0.05, 0.1) is 0 Å². The normalized spacial score (nSPS) is 10.1. The van der Waals surface area contributed by atoms with Crippen LogP contribution in [0.25, 0.3) is 0 Å². The zero-order valence-electron chi connectivity index (χ0n) is 9.02. The van der Waals surface area contributed by atoms with Crippen molar-refractivity contribution in [3.05, 3.63) is 52.9 Å². The minimum Gasteiger partial charge on any atom is -0.478 e. The van der Waals surface area contributed by atoms with Crippen LogP contribution in [-0.4, -0.2) is 16.1 Å². The molecule has 0 bridgehead atoms. The highest BCUT2D eigenvalue weighted by atomic mass is 35.5. The molecule has 1 aromatic carbocycles. The number of hydrogen-bond acceptors (Lipinski definition) is 3. The predicted molar refractivity (Wildman–Crippen MR) is 65.9 cm³/mol. The first-order chi connectivity index (χ1) is 8.58. The first kappa shape index (κ1) is 12.3. The van der Waals surface area contributed by atoms with Crippen LogP contribution in [0.4, 0.5) is 15.9 Å². The van der Waals surface area contributed by atoms with Gasteiger partial charge in [0.2, 0.25) is 0 Å². The van der Waals surface area contributed by atoms with E-state index in [1.165, 1.54) is 6.20 Å². The van der Waals surface area contributed by atoms with E-state index in [1.54, 1.807) is 24.3 Å². The molecule has 0 aliphatic carbocycles. The minimum atomic E-state index is -1.34. The quantitative estimate of drug-likeness (QED) is 0.895. The number of halogens is 2. The SMILES string of the molecule is O=C(O)c1ccnc(Nc2ccc(Cl)cc2)c1F. The average Bonchev–Trinajstić information content (AvgIpc) is 2.34. The first-order valence-corrected chi connectivity index (χ1v) is 5.36. The fourth-order valence-electron chi connectivity index (χ4n) is 1.37. The molecule has 6 heteroatoms. The van der Waals surface area contributed by atoms with Gasteiger partial charge in [0.25, 0.3) is 0 Å². The lowest BCUT2D eigenvalue weighted by Crippen LogP contribution is -2.05. The number of carboxylic acids is 1. The van der Waals surface area contributed by atoms with Crippen molar-refractivity contribution >= 4 is 29.1 Å². The number of nitrogens with one attached hydrogen (secondary N) is 1. The molecule has 0 unspecified atom stereocenters. The molecular weight excluding hydrogens is 259 g/mol. The van der Waals surface area contributed by atoms with Crippen molar-refractivity contribution in [1.82, 2.24) is 4.98 Å². The molecule has 0 fully saturated rings. The summed E-state index contributed by atoms with van der Waals surface area (Å²) in [5, 5.41) is 12.0. The molecule has 2 aromatic rings. The van der Waals surface area contributed by atoms with E-state index in [-0.39, 0.29) is 5.82 Å². The van der Waals surface area contributed by atoms with Gasteiger partial charge in [-0.1, -0.05) is 11.6 Å². The molecule has 0 spiro atoms. The van der Waals surface area contributed by atoms with E-state index in [4.69, 9.17) is 16.7 Å². The number of aromatic nitrogens is 1. The number of benzene rings is 1. The third kappa shape index (κ3) is 2.57. The number of anilines is 2. The van der Waals surface area contributed by atoms with Gasteiger partial charge in [-0.2, -0.15) is 0 Å². The summed E-state index contributed by atoms with van der Waals surface area (Å²) in [5.41, 5.74) is 0.134. The summed E-state index contributed by atoms with van der Waals surface area (Å²) in [4.78, 5) is 14.5. The number of carbonyl (C=O) groups is 1. The molecule has 0 saturated heterocycles. The van der Waals surface area contributed by atoms with Gasteiger partial charge in [0, 0.05) is 16.9 Å². The number of nitrogens with zero attached hydrogens (tertiary/aromatic N) is 1. The van der Waals surface area contributed by atoms with Gasteiger partial charge in [0.1, 0.15) is 5.56 Å². The van der Waals surface area contributed by atoms with Gasteiger partial charge in [-0.05, 0) is 30.3 Å². The first-order valence-electron chi connectivity index (χ1n) is 4.98. The van der Waals surface area contributed by atoms with E-state index >= 15 is 0 Å². The maximum Gasteiger partial charge on any atom is 0.338 e. The summed E-state index contributed by atoms with van der Waals surface area (Å²) in [7, 11) is 0. The average molecular weight is 267 g/mol. The Hall–Kier alpha value is -2.14. The van der Waals surface area contributed by atoms with E-state index < -0.39 is 17.3 Å². The molecule has 0 amide bonds. The van der Waals surface area contributed by atoms with Crippen LogP contribution in [0.5, 0.6) is 0 Å². The largest absolute Gasteiger partial charge is 0.478 e. The summed E-state index contributed by atoms with van der Waals surface area (Å²) in [6.45, 7) is 0. The number of rotatable bonds is 3. The molecule has 0 aliphatic rings. The van der Waals surface area contributed by atoms with Gasteiger partial charge >= 0.3 is 5.97 Å². The van der Waals surface area contributed by atoms with E-state index in [2.05, 4.69) is 10.3 Å². The molecular formula is C12H8ClFN2O2. The molecule has 92 valence electrons.